The molecule has 2 heterocycles. The van der Waals surface area contributed by atoms with Crippen LogP contribution in [0.2, 0.25) is 0 Å². The minimum absolute atomic E-state index is 0. The number of hydrogen-bond acceptors (Lipinski definition) is 5. The zero-order chi connectivity index (χ0) is 17.2. The molecule has 0 saturated carbocycles. The van der Waals surface area contributed by atoms with Gasteiger partial charge in [0.1, 0.15) is 5.01 Å². The van der Waals surface area contributed by atoms with E-state index in [-0.39, 0.29) is 24.0 Å². The maximum atomic E-state index is 4.66. The number of nitrogens with zero attached hydrogens (tertiary/aromatic N) is 4. The molecule has 0 aliphatic carbocycles. The van der Waals surface area contributed by atoms with Crippen LogP contribution in [0.1, 0.15) is 30.2 Å². The minimum atomic E-state index is 0. The quantitative estimate of drug-likeness (QED) is 0.356. The monoisotopic (exact) mass is 480 g/mol. The van der Waals surface area contributed by atoms with Crippen molar-refractivity contribution in [2.75, 3.05) is 52.9 Å². The van der Waals surface area contributed by atoms with Crippen molar-refractivity contribution in [1.29, 1.82) is 0 Å². The number of hydrogen-bond donors (Lipinski definition) is 2. The van der Waals surface area contributed by atoms with E-state index in [1.54, 1.807) is 11.3 Å². The summed E-state index contributed by atoms with van der Waals surface area (Å²) >= 11 is 1.76. The molecule has 8 heteroatoms. The number of aryl methyl sites for hydroxylation is 1. The highest BCUT2D eigenvalue weighted by Crippen LogP contribution is 2.13. The summed E-state index contributed by atoms with van der Waals surface area (Å²) < 4.78 is 0. The maximum Gasteiger partial charge on any atom is 0.191 e. The first-order chi connectivity index (χ1) is 11.7. The van der Waals surface area contributed by atoms with Crippen LogP contribution < -0.4 is 10.6 Å². The Labute approximate surface area is 173 Å². The van der Waals surface area contributed by atoms with Crippen LogP contribution in [-0.2, 0) is 13.0 Å². The van der Waals surface area contributed by atoms with Gasteiger partial charge in [0.2, 0.25) is 0 Å². The van der Waals surface area contributed by atoms with Crippen LogP contribution in [0.4, 0.5) is 0 Å². The number of aromatic nitrogens is 1. The molecule has 0 atom stereocenters. The van der Waals surface area contributed by atoms with Crippen LogP contribution in [0.25, 0.3) is 0 Å². The number of nitrogens with one attached hydrogen (secondary N) is 2. The van der Waals surface area contributed by atoms with E-state index in [9.17, 15) is 0 Å². The van der Waals surface area contributed by atoms with Gasteiger partial charge >= 0.3 is 0 Å². The fourth-order valence-electron chi connectivity index (χ4n) is 2.73. The summed E-state index contributed by atoms with van der Waals surface area (Å²) in [6.07, 6.45) is 4.27. The van der Waals surface area contributed by atoms with Crippen molar-refractivity contribution in [3.63, 3.8) is 0 Å². The van der Waals surface area contributed by atoms with E-state index in [4.69, 9.17) is 0 Å². The molecule has 25 heavy (non-hydrogen) atoms. The van der Waals surface area contributed by atoms with Gasteiger partial charge in [0.25, 0.3) is 0 Å². The van der Waals surface area contributed by atoms with Gasteiger partial charge in [-0.15, -0.1) is 35.3 Å². The van der Waals surface area contributed by atoms with Gasteiger partial charge < -0.3 is 20.4 Å². The third kappa shape index (κ3) is 8.65. The normalized spacial score (nSPS) is 17.0. The van der Waals surface area contributed by atoms with Crippen LogP contribution >= 0.6 is 35.3 Å². The predicted molar refractivity (Wildman–Crippen MR) is 118 cm³/mol. The molecule has 0 radical (unpaired) electrons. The summed E-state index contributed by atoms with van der Waals surface area (Å²) in [6, 6.07) is 0. The average Bonchev–Trinajstić information content (AvgIpc) is 2.95. The standard InChI is InChI=1S/C17H32N6S.HI/c1-4-15-13-20-16(24-15)14-21-17(18-5-2)19-7-10-23-9-6-8-22(3)11-12-23;/h13H,4-12,14H2,1-3H3,(H2,18,19,21);1H. The first-order valence-electron chi connectivity index (χ1n) is 9.08. The van der Waals surface area contributed by atoms with E-state index < -0.39 is 0 Å². The summed E-state index contributed by atoms with van der Waals surface area (Å²) in [5.74, 6) is 0.887. The lowest BCUT2D eigenvalue weighted by atomic mass is 10.4. The van der Waals surface area contributed by atoms with Crippen LogP contribution in [0.3, 0.4) is 0 Å². The van der Waals surface area contributed by atoms with E-state index in [0.717, 1.165) is 50.1 Å². The molecule has 1 aromatic heterocycles. The first-order valence-corrected chi connectivity index (χ1v) is 9.89. The lowest BCUT2D eigenvalue weighted by molar-refractivity contribution is 0.280. The van der Waals surface area contributed by atoms with Crippen molar-refractivity contribution in [1.82, 2.24) is 25.4 Å². The Kier molecular flexibility index (Phi) is 11.6. The van der Waals surface area contributed by atoms with E-state index >= 15 is 0 Å². The lowest BCUT2D eigenvalue weighted by Gasteiger charge is -2.21. The molecule has 0 spiro atoms. The van der Waals surface area contributed by atoms with Crippen LogP contribution in [0.15, 0.2) is 11.2 Å². The number of rotatable bonds is 7. The molecule has 0 aromatic carbocycles. The molecule has 2 rings (SSSR count). The van der Waals surface area contributed by atoms with Gasteiger partial charge in [-0.1, -0.05) is 6.92 Å². The van der Waals surface area contributed by atoms with Crippen LogP contribution in [-0.4, -0.2) is 73.6 Å². The Hall–Kier alpha value is -0.450. The van der Waals surface area contributed by atoms with Crippen molar-refractivity contribution in [2.45, 2.75) is 33.2 Å². The topological polar surface area (TPSA) is 55.8 Å². The molecular weight excluding hydrogens is 447 g/mol. The van der Waals surface area contributed by atoms with Gasteiger partial charge in [0.15, 0.2) is 5.96 Å². The predicted octanol–water partition coefficient (Wildman–Crippen LogP) is 2.02. The second-order valence-electron chi connectivity index (χ2n) is 6.19. The van der Waals surface area contributed by atoms with Gasteiger partial charge in [-0.25, -0.2) is 9.98 Å². The van der Waals surface area contributed by atoms with Gasteiger partial charge in [-0.05, 0) is 39.9 Å². The second-order valence-corrected chi connectivity index (χ2v) is 7.39. The third-order valence-corrected chi connectivity index (χ3v) is 5.33. The molecule has 2 N–H and O–H groups in total. The van der Waals surface area contributed by atoms with Crippen molar-refractivity contribution in [2.24, 2.45) is 4.99 Å². The molecule has 144 valence electrons. The molecule has 0 amide bonds. The number of thiazole rings is 1. The number of likely N-dealkylation sites (N-methyl/N-ethyl adjacent to an activating group) is 1. The first kappa shape index (κ1) is 22.6. The minimum Gasteiger partial charge on any atom is -0.357 e. The van der Waals surface area contributed by atoms with Gasteiger partial charge in [0, 0.05) is 43.8 Å². The highest BCUT2D eigenvalue weighted by atomic mass is 127. The third-order valence-electron chi connectivity index (χ3n) is 4.20. The highest BCUT2D eigenvalue weighted by molar-refractivity contribution is 14.0. The van der Waals surface area contributed by atoms with Crippen molar-refractivity contribution >= 4 is 41.3 Å². The summed E-state index contributed by atoms with van der Waals surface area (Å²) in [5, 5.41) is 7.85. The number of guanidine groups is 1. The maximum absolute atomic E-state index is 4.66. The van der Waals surface area contributed by atoms with Crippen molar-refractivity contribution in [3.8, 4) is 0 Å². The lowest BCUT2D eigenvalue weighted by Crippen LogP contribution is -2.42. The van der Waals surface area contributed by atoms with Crippen LogP contribution in [0, 0.1) is 0 Å². The van der Waals surface area contributed by atoms with E-state index in [1.165, 1.54) is 24.4 Å². The van der Waals surface area contributed by atoms with Gasteiger partial charge in [0.05, 0.1) is 6.54 Å². The van der Waals surface area contributed by atoms with Crippen molar-refractivity contribution in [3.05, 3.63) is 16.1 Å². The number of aliphatic imine (C=N–C) groups is 1. The zero-order valence-corrected chi connectivity index (χ0v) is 18.9. The van der Waals surface area contributed by atoms with Crippen molar-refractivity contribution < 1.29 is 0 Å². The van der Waals surface area contributed by atoms with Crippen LogP contribution in [0.5, 0.6) is 0 Å². The Morgan fingerprint density at radius 3 is 2.80 bits per heavy atom. The Morgan fingerprint density at radius 1 is 1.24 bits per heavy atom. The largest absolute Gasteiger partial charge is 0.357 e. The molecule has 0 bridgehead atoms. The smallest absolute Gasteiger partial charge is 0.191 e. The van der Waals surface area contributed by atoms with E-state index in [0.29, 0.717) is 6.54 Å². The SMILES string of the molecule is CCNC(=NCc1ncc(CC)s1)NCCN1CCCN(C)CC1.I. The molecule has 0 unspecified atom stereocenters. The number of halogens is 1. The molecular formula is C17H33IN6S. The highest BCUT2D eigenvalue weighted by Gasteiger charge is 2.11. The summed E-state index contributed by atoms with van der Waals surface area (Å²) in [4.78, 5) is 15.4. The Morgan fingerprint density at radius 2 is 2.08 bits per heavy atom. The van der Waals surface area contributed by atoms with E-state index in [1.807, 2.05) is 6.20 Å². The molecule has 6 nitrogen and oxygen atoms in total. The molecule has 1 aromatic rings. The fourth-order valence-corrected chi connectivity index (χ4v) is 3.52. The summed E-state index contributed by atoms with van der Waals surface area (Å²) in [5.41, 5.74) is 0. The Bertz CT molecular complexity index is 507. The van der Waals surface area contributed by atoms with Gasteiger partial charge in [-0.3, -0.25) is 0 Å². The van der Waals surface area contributed by atoms with E-state index in [2.05, 4.69) is 51.3 Å². The summed E-state index contributed by atoms with van der Waals surface area (Å²) in [6.45, 7) is 12.5. The molecule has 1 aliphatic rings. The molecule has 1 aliphatic heterocycles. The summed E-state index contributed by atoms with van der Waals surface area (Å²) in [7, 11) is 2.21. The zero-order valence-electron chi connectivity index (χ0n) is 15.8. The second kappa shape index (κ2) is 12.8. The molecule has 1 saturated heterocycles. The Balaban J connectivity index is 0.00000312. The fraction of sp³-hybridized carbons (Fsp3) is 0.765. The average molecular weight is 480 g/mol. The van der Waals surface area contributed by atoms with Gasteiger partial charge in [-0.2, -0.15) is 0 Å². The molecule has 1 fully saturated rings.